The molecule has 0 saturated carbocycles. The lowest BCUT2D eigenvalue weighted by atomic mass is 10.0. The third-order valence-corrected chi connectivity index (χ3v) is 3.73. The molecule has 6 heteroatoms. The Balaban J connectivity index is 1.84. The summed E-state index contributed by atoms with van der Waals surface area (Å²) in [7, 11) is 1.89. The molecule has 3 aromatic rings. The minimum Gasteiger partial charge on any atom is -0.377 e. The minimum absolute atomic E-state index is 0.0900. The fraction of sp³-hybridized carbons (Fsp3) is 0.235. The lowest BCUT2D eigenvalue weighted by Crippen LogP contribution is -2.10. The number of halogens is 1. The van der Waals surface area contributed by atoms with E-state index < -0.39 is 0 Å². The molecule has 5 nitrogen and oxygen atoms in total. The highest BCUT2D eigenvalue weighted by atomic mass is 19.1. The molecule has 0 radical (unpaired) electrons. The maximum absolute atomic E-state index is 13.1. The number of pyridine rings is 1. The van der Waals surface area contributed by atoms with E-state index in [9.17, 15) is 4.39 Å². The van der Waals surface area contributed by atoms with Gasteiger partial charge in [0.2, 0.25) is 0 Å². The van der Waals surface area contributed by atoms with E-state index in [4.69, 9.17) is 0 Å². The van der Waals surface area contributed by atoms with Gasteiger partial charge >= 0.3 is 0 Å². The van der Waals surface area contributed by atoms with Gasteiger partial charge in [-0.2, -0.15) is 0 Å². The number of rotatable bonds is 5. The zero-order chi connectivity index (χ0) is 16.2. The van der Waals surface area contributed by atoms with E-state index in [0.717, 1.165) is 29.1 Å². The maximum Gasteiger partial charge on any atom is 0.165 e. The predicted octanol–water partition coefficient (Wildman–Crippen LogP) is 3.58. The number of benzene rings is 1. The van der Waals surface area contributed by atoms with Gasteiger partial charge in [0, 0.05) is 25.0 Å². The van der Waals surface area contributed by atoms with Crippen molar-refractivity contribution in [2.45, 2.75) is 19.4 Å². The van der Waals surface area contributed by atoms with Gasteiger partial charge in [-0.1, -0.05) is 19.1 Å². The van der Waals surface area contributed by atoms with Gasteiger partial charge < -0.3 is 9.88 Å². The first-order valence-electron chi connectivity index (χ1n) is 7.48. The summed E-state index contributed by atoms with van der Waals surface area (Å²) in [5, 5.41) is 11.4. The zero-order valence-electron chi connectivity index (χ0n) is 13.1. The van der Waals surface area contributed by atoms with Gasteiger partial charge in [-0.15, -0.1) is 10.2 Å². The molecule has 0 aliphatic heterocycles. The lowest BCUT2D eigenvalue weighted by molar-refractivity contribution is 0.625. The monoisotopic (exact) mass is 311 g/mol. The van der Waals surface area contributed by atoms with Gasteiger partial charge in [-0.25, -0.2) is 4.39 Å². The summed E-state index contributed by atoms with van der Waals surface area (Å²) in [6.07, 6.45) is 6.06. The molecule has 1 aromatic carbocycles. The van der Waals surface area contributed by atoms with Crippen LogP contribution in [0.3, 0.4) is 0 Å². The molecule has 1 atom stereocenters. The first kappa shape index (κ1) is 15.1. The highest BCUT2D eigenvalue weighted by molar-refractivity contribution is 5.60. The second-order valence-corrected chi connectivity index (χ2v) is 5.38. The molecule has 23 heavy (non-hydrogen) atoms. The summed E-state index contributed by atoms with van der Waals surface area (Å²) in [6.45, 7) is 2.08. The van der Waals surface area contributed by atoms with Crippen LogP contribution >= 0.6 is 0 Å². The van der Waals surface area contributed by atoms with E-state index in [0.29, 0.717) is 0 Å². The van der Waals surface area contributed by atoms with Crippen molar-refractivity contribution in [3.05, 3.63) is 60.4 Å². The summed E-state index contributed by atoms with van der Waals surface area (Å²) >= 11 is 0. The van der Waals surface area contributed by atoms with Gasteiger partial charge in [-0.05, 0) is 30.2 Å². The highest BCUT2D eigenvalue weighted by Crippen LogP contribution is 2.25. The lowest BCUT2D eigenvalue weighted by Gasteiger charge is -2.19. The Morgan fingerprint density at radius 2 is 2.00 bits per heavy atom. The van der Waals surface area contributed by atoms with Gasteiger partial charge in [0.05, 0.1) is 11.7 Å². The SMILES string of the molecule is CC[C@@H](Nc1cncc(-c2nncn2C)c1)c1ccc(F)cc1. The second-order valence-electron chi connectivity index (χ2n) is 5.38. The zero-order valence-corrected chi connectivity index (χ0v) is 13.1. The molecule has 2 aromatic heterocycles. The van der Waals surface area contributed by atoms with Gasteiger partial charge in [0.15, 0.2) is 5.82 Å². The molecular formula is C17H18FN5. The molecule has 0 aliphatic carbocycles. The van der Waals surface area contributed by atoms with E-state index in [1.807, 2.05) is 17.7 Å². The van der Waals surface area contributed by atoms with Crippen LogP contribution in [0.2, 0.25) is 0 Å². The van der Waals surface area contributed by atoms with Crippen LogP contribution in [0.5, 0.6) is 0 Å². The predicted molar refractivity (Wildman–Crippen MR) is 87.3 cm³/mol. The summed E-state index contributed by atoms with van der Waals surface area (Å²) in [6, 6.07) is 8.64. The van der Waals surface area contributed by atoms with E-state index in [1.165, 1.54) is 12.1 Å². The fourth-order valence-corrected chi connectivity index (χ4v) is 2.50. The minimum atomic E-state index is -0.227. The number of hydrogen-bond donors (Lipinski definition) is 1. The van der Waals surface area contributed by atoms with Gasteiger partial charge in [0.1, 0.15) is 12.1 Å². The van der Waals surface area contributed by atoms with Crippen molar-refractivity contribution in [1.82, 2.24) is 19.7 Å². The summed E-state index contributed by atoms with van der Waals surface area (Å²) in [4.78, 5) is 4.27. The number of nitrogens with one attached hydrogen (secondary N) is 1. The van der Waals surface area contributed by atoms with E-state index in [2.05, 4.69) is 27.4 Å². The Kier molecular flexibility index (Phi) is 4.32. The average Bonchev–Trinajstić information content (AvgIpc) is 3.00. The van der Waals surface area contributed by atoms with Gasteiger partial charge in [-0.3, -0.25) is 4.98 Å². The van der Waals surface area contributed by atoms with Crippen LogP contribution in [-0.4, -0.2) is 19.7 Å². The van der Waals surface area contributed by atoms with E-state index in [-0.39, 0.29) is 11.9 Å². The summed E-state index contributed by atoms with van der Waals surface area (Å²) in [5.41, 5.74) is 2.82. The molecule has 0 aliphatic rings. The molecule has 0 amide bonds. The van der Waals surface area contributed by atoms with Crippen molar-refractivity contribution < 1.29 is 4.39 Å². The normalized spacial score (nSPS) is 12.1. The summed E-state index contributed by atoms with van der Waals surface area (Å²) in [5.74, 6) is 0.533. The van der Waals surface area contributed by atoms with Crippen LogP contribution in [0.15, 0.2) is 49.1 Å². The first-order valence-corrected chi connectivity index (χ1v) is 7.48. The van der Waals surface area contributed by atoms with E-state index >= 15 is 0 Å². The van der Waals surface area contributed by atoms with Crippen molar-refractivity contribution in [2.24, 2.45) is 7.05 Å². The molecule has 0 unspecified atom stereocenters. The Morgan fingerprint density at radius 1 is 1.22 bits per heavy atom. The fourth-order valence-electron chi connectivity index (χ4n) is 2.50. The Hall–Kier alpha value is -2.76. The van der Waals surface area contributed by atoms with E-state index in [1.54, 1.807) is 30.9 Å². The third kappa shape index (κ3) is 3.36. The van der Waals surface area contributed by atoms with Crippen LogP contribution in [0, 0.1) is 5.82 Å². The Morgan fingerprint density at radius 3 is 2.65 bits per heavy atom. The maximum atomic E-state index is 13.1. The molecule has 0 fully saturated rings. The number of nitrogens with zero attached hydrogens (tertiary/aromatic N) is 4. The molecule has 0 spiro atoms. The quantitative estimate of drug-likeness (QED) is 0.782. The Bertz CT molecular complexity index is 782. The van der Waals surface area contributed by atoms with Crippen LogP contribution in [0.1, 0.15) is 24.9 Å². The summed E-state index contributed by atoms with van der Waals surface area (Å²) < 4.78 is 14.9. The van der Waals surface area contributed by atoms with Crippen molar-refractivity contribution in [2.75, 3.05) is 5.32 Å². The van der Waals surface area contributed by atoms with Crippen molar-refractivity contribution in [3.63, 3.8) is 0 Å². The van der Waals surface area contributed by atoms with Crippen molar-refractivity contribution >= 4 is 5.69 Å². The second kappa shape index (κ2) is 6.56. The number of aryl methyl sites for hydroxylation is 1. The number of hydrogen-bond acceptors (Lipinski definition) is 4. The molecule has 0 saturated heterocycles. The molecule has 3 rings (SSSR count). The topological polar surface area (TPSA) is 55.6 Å². The number of aromatic nitrogens is 4. The molecular weight excluding hydrogens is 293 g/mol. The number of anilines is 1. The molecule has 118 valence electrons. The van der Waals surface area contributed by atoms with Crippen LogP contribution in [0.4, 0.5) is 10.1 Å². The smallest absolute Gasteiger partial charge is 0.165 e. The van der Waals surface area contributed by atoms with Gasteiger partial charge in [0.25, 0.3) is 0 Å². The third-order valence-electron chi connectivity index (χ3n) is 3.73. The average molecular weight is 311 g/mol. The Labute approximate surface area is 134 Å². The molecule has 1 N–H and O–H groups in total. The molecule has 2 heterocycles. The largest absolute Gasteiger partial charge is 0.377 e. The van der Waals surface area contributed by atoms with Crippen LogP contribution in [0.25, 0.3) is 11.4 Å². The first-order chi connectivity index (χ1) is 11.2. The standard InChI is InChI=1S/C17H18FN5/c1-3-16(12-4-6-14(18)7-5-12)21-15-8-13(9-19-10-15)17-22-20-11-23(17)2/h4-11,16,21H,3H2,1-2H3/t16-/m1/s1. The van der Waals surface area contributed by atoms with Crippen molar-refractivity contribution in [1.29, 1.82) is 0 Å². The molecule has 0 bridgehead atoms. The highest BCUT2D eigenvalue weighted by Gasteiger charge is 2.11. The van der Waals surface area contributed by atoms with Crippen molar-refractivity contribution in [3.8, 4) is 11.4 Å². The van der Waals surface area contributed by atoms with Crippen LogP contribution in [-0.2, 0) is 7.05 Å². The van der Waals surface area contributed by atoms with Crippen LogP contribution < -0.4 is 5.32 Å².